The van der Waals surface area contributed by atoms with Gasteiger partial charge in [0.1, 0.15) is 0 Å². The Morgan fingerprint density at radius 2 is 1.87 bits per heavy atom. The summed E-state index contributed by atoms with van der Waals surface area (Å²) in [6.07, 6.45) is 6.03. The number of benzene rings is 2. The van der Waals surface area contributed by atoms with Crippen molar-refractivity contribution in [3.8, 4) is 0 Å². The number of carbonyl (C=O) groups is 2. The van der Waals surface area contributed by atoms with Crippen molar-refractivity contribution in [1.82, 2.24) is 5.32 Å². The number of thioether (sulfide) groups is 1. The average Bonchev–Trinajstić information content (AvgIpc) is 2.74. The molecule has 2 aromatic carbocycles. The van der Waals surface area contributed by atoms with Crippen LogP contribution in [0.15, 0.2) is 64.4 Å². The SMILES string of the molecule is Cc1ccccc1CN1C(=O)/C(=C/C(=O)N[C@@H]2CCCC[C@@H]2C)Sc2ccccc21. The molecule has 2 aromatic rings. The first kappa shape index (κ1) is 20.7. The van der Waals surface area contributed by atoms with Gasteiger partial charge >= 0.3 is 0 Å². The number of para-hydroxylation sites is 1. The van der Waals surface area contributed by atoms with Gasteiger partial charge in [-0.3, -0.25) is 9.59 Å². The Morgan fingerprint density at radius 3 is 2.67 bits per heavy atom. The van der Waals surface area contributed by atoms with Gasteiger partial charge in [0.15, 0.2) is 0 Å². The fourth-order valence-electron chi connectivity index (χ4n) is 4.25. The number of hydrogen-bond acceptors (Lipinski definition) is 3. The molecule has 1 aliphatic carbocycles. The predicted octanol–water partition coefficient (Wildman–Crippen LogP) is 5.21. The number of amides is 2. The van der Waals surface area contributed by atoms with Crippen molar-refractivity contribution in [3.05, 3.63) is 70.6 Å². The minimum absolute atomic E-state index is 0.117. The van der Waals surface area contributed by atoms with E-state index in [1.165, 1.54) is 24.3 Å². The van der Waals surface area contributed by atoms with Crippen LogP contribution in [0.25, 0.3) is 0 Å². The van der Waals surface area contributed by atoms with Crippen LogP contribution in [0.4, 0.5) is 5.69 Å². The molecule has 1 aliphatic heterocycles. The van der Waals surface area contributed by atoms with E-state index in [0.29, 0.717) is 17.4 Å². The van der Waals surface area contributed by atoms with Gasteiger partial charge in [0.25, 0.3) is 5.91 Å². The summed E-state index contributed by atoms with van der Waals surface area (Å²) in [4.78, 5) is 29.3. The van der Waals surface area contributed by atoms with Crippen molar-refractivity contribution >= 4 is 29.3 Å². The number of nitrogens with zero attached hydrogens (tertiary/aromatic N) is 1. The molecule has 30 heavy (non-hydrogen) atoms. The summed E-state index contributed by atoms with van der Waals surface area (Å²) in [5.74, 6) is 0.197. The summed E-state index contributed by atoms with van der Waals surface area (Å²) in [7, 11) is 0. The number of hydrogen-bond donors (Lipinski definition) is 1. The molecule has 156 valence electrons. The minimum atomic E-state index is -0.167. The fraction of sp³-hybridized carbons (Fsp3) is 0.360. The Bertz CT molecular complexity index is 985. The maximum absolute atomic E-state index is 13.4. The molecule has 0 unspecified atom stereocenters. The van der Waals surface area contributed by atoms with Crippen molar-refractivity contribution in [2.45, 2.75) is 57.0 Å². The van der Waals surface area contributed by atoms with Gasteiger partial charge in [-0.1, -0.05) is 67.9 Å². The zero-order valence-electron chi connectivity index (χ0n) is 17.6. The Hall–Kier alpha value is -2.53. The van der Waals surface area contributed by atoms with Crippen LogP contribution < -0.4 is 10.2 Å². The van der Waals surface area contributed by atoms with E-state index in [0.717, 1.165) is 41.0 Å². The maximum atomic E-state index is 13.4. The van der Waals surface area contributed by atoms with Crippen LogP contribution in [-0.4, -0.2) is 17.9 Å². The summed E-state index contributed by atoms with van der Waals surface area (Å²) in [5.41, 5.74) is 3.15. The molecule has 2 amide bonds. The molecule has 1 N–H and O–H groups in total. The number of aryl methyl sites for hydroxylation is 1. The van der Waals surface area contributed by atoms with Crippen LogP contribution in [0.2, 0.25) is 0 Å². The molecule has 0 spiro atoms. The lowest BCUT2D eigenvalue weighted by Crippen LogP contribution is -2.41. The molecule has 0 aromatic heterocycles. The van der Waals surface area contributed by atoms with Gasteiger partial charge in [0.2, 0.25) is 5.91 Å². The molecule has 5 heteroatoms. The smallest absolute Gasteiger partial charge is 0.265 e. The first-order chi connectivity index (χ1) is 14.5. The van der Waals surface area contributed by atoms with Crippen LogP contribution in [0.3, 0.4) is 0 Å². The Kier molecular flexibility index (Phi) is 6.28. The molecule has 4 nitrogen and oxygen atoms in total. The van der Waals surface area contributed by atoms with E-state index in [1.54, 1.807) is 4.90 Å². The molecular weight excluding hydrogens is 392 g/mol. The largest absolute Gasteiger partial charge is 0.350 e. The van der Waals surface area contributed by atoms with Crippen molar-refractivity contribution in [3.63, 3.8) is 0 Å². The number of anilines is 1. The highest BCUT2D eigenvalue weighted by molar-refractivity contribution is 8.04. The molecule has 0 bridgehead atoms. The minimum Gasteiger partial charge on any atom is -0.350 e. The Morgan fingerprint density at radius 1 is 1.13 bits per heavy atom. The van der Waals surface area contributed by atoms with Gasteiger partial charge in [-0.25, -0.2) is 0 Å². The Balaban J connectivity index is 1.59. The zero-order chi connectivity index (χ0) is 21.1. The van der Waals surface area contributed by atoms with E-state index in [-0.39, 0.29) is 17.9 Å². The molecule has 1 fully saturated rings. The van der Waals surface area contributed by atoms with Crippen molar-refractivity contribution in [2.24, 2.45) is 5.92 Å². The van der Waals surface area contributed by atoms with E-state index in [1.807, 2.05) is 42.5 Å². The lowest BCUT2D eigenvalue weighted by Gasteiger charge is -2.31. The standard InChI is InChI=1S/C25H28N2O2S/c1-17-9-3-5-11-19(17)16-27-21-13-7-8-14-22(21)30-23(25(27)29)15-24(28)26-20-12-6-4-10-18(20)2/h3,5,7-9,11,13-15,18,20H,4,6,10,12,16H2,1-2H3,(H,26,28)/b23-15-/t18-,20+/m0/s1. The predicted molar refractivity (Wildman–Crippen MR) is 122 cm³/mol. The second-order valence-corrected chi connectivity index (χ2v) is 9.36. The molecule has 2 aliphatic rings. The Labute approximate surface area is 182 Å². The van der Waals surface area contributed by atoms with E-state index < -0.39 is 0 Å². The van der Waals surface area contributed by atoms with E-state index >= 15 is 0 Å². The third-order valence-electron chi connectivity index (χ3n) is 6.12. The quantitative estimate of drug-likeness (QED) is 0.691. The summed E-state index contributed by atoms with van der Waals surface area (Å²) < 4.78 is 0. The molecular formula is C25H28N2O2S. The molecule has 4 rings (SSSR count). The van der Waals surface area contributed by atoms with Gasteiger partial charge in [-0.2, -0.15) is 0 Å². The van der Waals surface area contributed by atoms with Crippen molar-refractivity contribution < 1.29 is 9.59 Å². The summed E-state index contributed by atoms with van der Waals surface area (Å²) >= 11 is 1.38. The van der Waals surface area contributed by atoms with Crippen LogP contribution in [-0.2, 0) is 16.1 Å². The van der Waals surface area contributed by atoms with E-state index in [4.69, 9.17) is 0 Å². The lowest BCUT2D eigenvalue weighted by atomic mass is 9.86. The first-order valence-corrected chi connectivity index (χ1v) is 11.5. The molecule has 0 saturated heterocycles. The average molecular weight is 421 g/mol. The summed E-state index contributed by atoms with van der Waals surface area (Å²) in [5, 5.41) is 3.13. The first-order valence-electron chi connectivity index (χ1n) is 10.7. The third kappa shape index (κ3) is 4.46. The molecule has 2 atom stereocenters. The molecule has 1 saturated carbocycles. The van der Waals surface area contributed by atoms with Gasteiger partial charge < -0.3 is 10.2 Å². The lowest BCUT2D eigenvalue weighted by molar-refractivity contribution is -0.119. The van der Waals surface area contributed by atoms with E-state index in [2.05, 4.69) is 25.2 Å². The zero-order valence-corrected chi connectivity index (χ0v) is 18.4. The highest BCUT2D eigenvalue weighted by atomic mass is 32.2. The normalized spacial score (nSPS) is 22.7. The second-order valence-electron chi connectivity index (χ2n) is 8.27. The molecule has 0 radical (unpaired) electrons. The fourth-order valence-corrected chi connectivity index (χ4v) is 5.28. The number of rotatable bonds is 4. The van der Waals surface area contributed by atoms with E-state index in [9.17, 15) is 9.59 Å². The van der Waals surface area contributed by atoms with Gasteiger partial charge in [0, 0.05) is 17.0 Å². The maximum Gasteiger partial charge on any atom is 0.265 e. The highest BCUT2D eigenvalue weighted by Gasteiger charge is 2.30. The van der Waals surface area contributed by atoms with Crippen molar-refractivity contribution in [1.29, 1.82) is 0 Å². The van der Waals surface area contributed by atoms with Crippen LogP contribution in [0.5, 0.6) is 0 Å². The van der Waals surface area contributed by atoms with Crippen molar-refractivity contribution in [2.75, 3.05) is 4.90 Å². The van der Waals surface area contributed by atoms with Gasteiger partial charge in [-0.05, 0) is 48.9 Å². The summed E-state index contributed by atoms with van der Waals surface area (Å²) in [6.45, 7) is 4.74. The van der Waals surface area contributed by atoms with Gasteiger partial charge in [-0.15, -0.1) is 0 Å². The summed E-state index contributed by atoms with van der Waals surface area (Å²) in [6, 6.07) is 16.2. The number of carbonyl (C=O) groups excluding carboxylic acids is 2. The second kappa shape index (κ2) is 9.09. The van der Waals surface area contributed by atoms with Gasteiger partial charge in [0.05, 0.1) is 17.1 Å². The topological polar surface area (TPSA) is 49.4 Å². The van der Waals surface area contributed by atoms with Crippen LogP contribution in [0, 0.1) is 12.8 Å². The molecule has 1 heterocycles. The monoisotopic (exact) mass is 420 g/mol. The highest BCUT2D eigenvalue weighted by Crippen LogP contribution is 2.42. The van der Waals surface area contributed by atoms with Crippen LogP contribution in [0.1, 0.15) is 43.7 Å². The number of nitrogens with one attached hydrogen (secondary N) is 1. The third-order valence-corrected chi connectivity index (χ3v) is 7.20. The van der Waals surface area contributed by atoms with Crippen LogP contribution >= 0.6 is 11.8 Å². The number of fused-ring (bicyclic) bond motifs is 1.